The summed E-state index contributed by atoms with van der Waals surface area (Å²) < 4.78 is 1.65. The highest BCUT2D eigenvalue weighted by molar-refractivity contribution is 6.36. The number of aryl methyl sites for hydroxylation is 1. The van der Waals surface area contributed by atoms with E-state index in [2.05, 4.69) is 20.6 Å². The molecule has 32 heavy (non-hydrogen) atoms. The molecule has 0 unspecified atom stereocenters. The number of aromatic nitrogens is 4. The van der Waals surface area contributed by atoms with Crippen molar-refractivity contribution in [1.29, 1.82) is 0 Å². The van der Waals surface area contributed by atoms with Gasteiger partial charge in [-0.2, -0.15) is 0 Å². The van der Waals surface area contributed by atoms with Gasteiger partial charge in [-0.05, 0) is 49.0 Å². The number of benzene rings is 2. The smallest absolute Gasteiger partial charge is 0.259 e. The van der Waals surface area contributed by atoms with Crippen LogP contribution in [0.2, 0.25) is 5.02 Å². The van der Waals surface area contributed by atoms with Crippen molar-refractivity contribution in [2.24, 2.45) is 7.05 Å². The first kappa shape index (κ1) is 20.6. The Morgan fingerprint density at radius 1 is 1.19 bits per heavy atom. The van der Waals surface area contributed by atoms with Crippen LogP contribution in [0.25, 0.3) is 22.0 Å². The highest BCUT2D eigenvalue weighted by atomic mass is 35.5. The normalized spacial score (nSPS) is 16.2. The van der Waals surface area contributed by atoms with E-state index in [1.165, 1.54) is 0 Å². The van der Waals surface area contributed by atoms with E-state index in [0.717, 1.165) is 41.4 Å². The SMILES string of the molecule is Cn1cc(-c2ccc(C(=O)N(c3nccc4cccc(Cl)c34)[C@@H]3CCCNC3)cc2)nn1. The number of nitrogens with zero attached hydrogens (tertiary/aromatic N) is 5. The summed E-state index contributed by atoms with van der Waals surface area (Å²) >= 11 is 6.58. The molecule has 0 spiro atoms. The van der Waals surface area contributed by atoms with Crippen molar-refractivity contribution in [3.63, 3.8) is 0 Å². The van der Waals surface area contributed by atoms with Gasteiger partial charge in [-0.25, -0.2) is 4.98 Å². The average Bonchev–Trinajstić information content (AvgIpc) is 3.26. The van der Waals surface area contributed by atoms with Gasteiger partial charge >= 0.3 is 0 Å². The van der Waals surface area contributed by atoms with Crippen LogP contribution in [0.5, 0.6) is 0 Å². The number of hydrogen-bond donors (Lipinski definition) is 1. The Labute approximate surface area is 191 Å². The fourth-order valence-corrected chi connectivity index (χ4v) is 4.51. The zero-order valence-corrected chi connectivity index (χ0v) is 18.5. The summed E-state index contributed by atoms with van der Waals surface area (Å²) in [7, 11) is 1.83. The maximum Gasteiger partial charge on any atom is 0.259 e. The van der Waals surface area contributed by atoms with Crippen LogP contribution in [-0.2, 0) is 7.05 Å². The maximum atomic E-state index is 13.8. The van der Waals surface area contributed by atoms with E-state index < -0.39 is 0 Å². The molecule has 7 nitrogen and oxygen atoms in total. The Kier molecular flexibility index (Phi) is 5.59. The Balaban J connectivity index is 1.57. The molecular formula is C24H23ClN6O. The lowest BCUT2D eigenvalue weighted by atomic mass is 10.0. The number of fused-ring (bicyclic) bond motifs is 1. The van der Waals surface area contributed by atoms with Crippen LogP contribution >= 0.6 is 11.6 Å². The molecule has 0 aliphatic carbocycles. The van der Waals surface area contributed by atoms with E-state index in [1.807, 2.05) is 66.7 Å². The molecule has 2 aromatic carbocycles. The van der Waals surface area contributed by atoms with Gasteiger partial charge < -0.3 is 5.32 Å². The average molecular weight is 447 g/mol. The molecule has 1 atom stereocenters. The molecule has 1 amide bonds. The Morgan fingerprint density at radius 2 is 2.03 bits per heavy atom. The van der Waals surface area contributed by atoms with Crippen molar-refractivity contribution in [3.05, 3.63) is 71.5 Å². The minimum atomic E-state index is -0.0932. The topological polar surface area (TPSA) is 75.9 Å². The molecule has 1 saturated heterocycles. The Hall–Kier alpha value is -3.29. The van der Waals surface area contributed by atoms with Crippen molar-refractivity contribution in [3.8, 4) is 11.3 Å². The number of hydrogen-bond acceptors (Lipinski definition) is 5. The Morgan fingerprint density at radius 3 is 2.75 bits per heavy atom. The highest BCUT2D eigenvalue weighted by Gasteiger charge is 2.30. The summed E-state index contributed by atoms with van der Waals surface area (Å²) in [6.45, 7) is 1.67. The first-order valence-corrected chi connectivity index (χ1v) is 11.0. The summed E-state index contributed by atoms with van der Waals surface area (Å²) in [5, 5.41) is 13.9. The third kappa shape index (κ3) is 3.85. The second-order valence-corrected chi connectivity index (χ2v) is 8.41. The number of rotatable bonds is 4. The van der Waals surface area contributed by atoms with Crippen LogP contribution in [0.3, 0.4) is 0 Å². The van der Waals surface area contributed by atoms with E-state index in [0.29, 0.717) is 22.9 Å². The van der Waals surface area contributed by atoms with Crippen LogP contribution in [0.1, 0.15) is 23.2 Å². The van der Waals surface area contributed by atoms with Crippen molar-refractivity contribution in [1.82, 2.24) is 25.3 Å². The fraction of sp³-hybridized carbons (Fsp3) is 0.250. The van der Waals surface area contributed by atoms with Crippen molar-refractivity contribution < 1.29 is 4.79 Å². The molecular weight excluding hydrogens is 424 g/mol. The first-order valence-electron chi connectivity index (χ1n) is 10.7. The zero-order valence-electron chi connectivity index (χ0n) is 17.7. The van der Waals surface area contributed by atoms with Crippen LogP contribution in [0, 0.1) is 0 Å². The maximum absolute atomic E-state index is 13.8. The van der Waals surface area contributed by atoms with Gasteiger partial charge in [0, 0.05) is 36.3 Å². The number of piperidine rings is 1. The van der Waals surface area contributed by atoms with Gasteiger partial charge in [0.2, 0.25) is 0 Å². The molecule has 5 rings (SSSR count). The number of carbonyl (C=O) groups is 1. The molecule has 2 aromatic heterocycles. The van der Waals surface area contributed by atoms with Crippen LogP contribution in [-0.4, -0.2) is 45.0 Å². The predicted octanol–water partition coefficient (Wildman–Crippen LogP) is 4.08. The third-order valence-electron chi connectivity index (χ3n) is 5.83. The molecule has 1 aliphatic heterocycles. The first-order chi connectivity index (χ1) is 15.6. The molecule has 162 valence electrons. The lowest BCUT2D eigenvalue weighted by molar-refractivity contribution is 0.0972. The number of halogens is 1. The predicted molar refractivity (Wildman–Crippen MR) is 126 cm³/mol. The van der Waals surface area contributed by atoms with Crippen LogP contribution in [0.4, 0.5) is 5.82 Å². The number of pyridine rings is 1. The van der Waals surface area contributed by atoms with Gasteiger partial charge in [-0.1, -0.05) is 41.1 Å². The van der Waals surface area contributed by atoms with Crippen LogP contribution in [0.15, 0.2) is 60.9 Å². The second kappa shape index (κ2) is 8.68. The summed E-state index contributed by atoms with van der Waals surface area (Å²) in [4.78, 5) is 20.3. The number of anilines is 1. The summed E-state index contributed by atoms with van der Waals surface area (Å²) in [5.74, 6) is 0.508. The van der Waals surface area contributed by atoms with Gasteiger partial charge in [0.05, 0.1) is 17.3 Å². The van der Waals surface area contributed by atoms with Gasteiger partial charge in [-0.3, -0.25) is 14.4 Å². The molecule has 1 N–H and O–H groups in total. The van der Waals surface area contributed by atoms with Gasteiger partial charge in [0.15, 0.2) is 0 Å². The van der Waals surface area contributed by atoms with Gasteiger partial charge in [-0.15, -0.1) is 5.10 Å². The molecule has 0 bridgehead atoms. The highest BCUT2D eigenvalue weighted by Crippen LogP contribution is 2.34. The lowest BCUT2D eigenvalue weighted by Gasteiger charge is -2.34. The molecule has 0 radical (unpaired) electrons. The van der Waals surface area contributed by atoms with Crippen molar-refractivity contribution in [2.75, 3.05) is 18.0 Å². The molecule has 4 aromatic rings. The van der Waals surface area contributed by atoms with Crippen molar-refractivity contribution >= 4 is 34.1 Å². The summed E-state index contributed by atoms with van der Waals surface area (Å²) in [5.41, 5.74) is 2.27. The Bertz CT molecular complexity index is 1260. The van der Waals surface area contributed by atoms with E-state index in [4.69, 9.17) is 11.6 Å². The zero-order chi connectivity index (χ0) is 22.1. The summed E-state index contributed by atoms with van der Waals surface area (Å²) in [6.07, 6.45) is 5.48. The van der Waals surface area contributed by atoms with E-state index in [1.54, 1.807) is 10.9 Å². The number of amides is 1. The number of carbonyl (C=O) groups excluding carboxylic acids is 1. The quantitative estimate of drug-likeness (QED) is 0.511. The second-order valence-electron chi connectivity index (χ2n) is 8.00. The van der Waals surface area contributed by atoms with Crippen molar-refractivity contribution in [2.45, 2.75) is 18.9 Å². The van der Waals surface area contributed by atoms with E-state index >= 15 is 0 Å². The lowest BCUT2D eigenvalue weighted by Crippen LogP contribution is -2.49. The monoisotopic (exact) mass is 446 g/mol. The minimum Gasteiger partial charge on any atom is -0.315 e. The molecule has 0 saturated carbocycles. The van der Waals surface area contributed by atoms with Crippen LogP contribution < -0.4 is 10.2 Å². The summed E-state index contributed by atoms with van der Waals surface area (Å²) in [6, 6.07) is 15.1. The van der Waals surface area contributed by atoms with Gasteiger partial charge in [0.25, 0.3) is 5.91 Å². The molecule has 1 aliphatic rings. The molecule has 1 fully saturated rings. The largest absolute Gasteiger partial charge is 0.315 e. The molecule has 3 heterocycles. The standard InChI is InChI=1S/C24H23ClN6O/c1-30-15-21(28-29-30)16-7-9-18(10-8-16)24(32)31(19-5-3-12-26-14-19)23-22-17(11-13-27-23)4-2-6-20(22)25/h2,4,6-11,13,15,19,26H,3,5,12,14H2,1H3/t19-/m1/s1. The minimum absolute atomic E-state index is 0.00899. The third-order valence-corrected chi connectivity index (χ3v) is 6.15. The number of nitrogens with one attached hydrogen (secondary N) is 1. The molecule has 8 heteroatoms. The fourth-order valence-electron chi connectivity index (χ4n) is 4.24. The van der Waals surface area contributed by atoms with E-state index in [-0.39, 0.29) is 11.9 Å². The van der Waals surface area contributed by atoms with Gasteiger partial charge in [0.1, 0.15) is 11.5 Å². The van der Waals surface area contributed by atoms with E-state index in [9.17, 15) is 4.79 Å².